The molecule has 0 unspecified atom stereocenters. The molecule has 0 saturated heterocycles. The minimum Gasteiger partial charge on any atom is -0.493 e. The fourth-order valence-electron chi connectivity index (χ4n) is 1.94. The van der Waals surface area contributed by atoms with Gasteiger partial charge in [-0.25, -0.2) is 4.79 Å². The van der Waals surface area contributed by atoms with Gasteiger partial charge < -0.3 is 20.3 Å². The number of aromatic carboxylic acids is 1. The Labute approximate surface area is 130 Å². The maximum absolute atomic E-state index is 11.3. The lowest BCUT2D eigenvalue weighted by atomic mass is 10.1. The molecule has 0 heterocycles. The minimum atomic E-state index is -1.08. The summed E-state index contributed by atoms with van der Waals surface area (Å²) in [6.07, 6.45) is 0. The van der Waals surface area contributed by atoms with Crippen molar-refractivity contribution in [3.63, 3.8) is 0 Å². The van der Waals surface area contributed by atoms with Crippen LogP contribution in [-0.4, -0.2) is 18.2 Å². The Bertz CT molecular complexity index is 673. The van der Waals surface area contributed by atoms with Gasteiger partial charge in [-0.15, -0.1) is 0 Å². The summed E-state index contributed by atoms with van der Waals surface area (Å²) in [5.41, 5.74) is 6.48. The van der Waals surface area contributed by atoms with Gasteiger partial charge in [0, 0.05) is 11.3 Å². The lowest BCUT2D eigenvalue weighted by Gasteiger charge is -2.14. The second-order valence-corrected chi connectivity index (χ2v) is 5.10. The van der Waals surface area contributed by atoms with Crippen LogP contribution in [0.3, 0.4) is 0 Å². The predicted molar refractivity (Wildman–Crippen MR) is 82.8 cm³/mol. The normalized spacial score (nSPS) is 10.2. The Hall–Kier alpha value is -2.21. The lowest BCUT2D eigenvalue weighted by molar-refractivity contribution is 0.0695. The summed E-state index contributed by atoms with van der Waals surface area (Å²) in [7, 11) is 1.54. The molecule has 2 aromatic carbocycles. The molecular formula is C15H14BrNO4. The highest BCUT2D eigenvalue weighted by Gasteiger charge is 2.15. The van der Waals surface area contributed by atoms with E-state index in [0.29, 0.717) is 17.1 Å². The zero-order chi connectivity index (χ0) is 15.4. The molecule has 21 heavy (non-hydrogen) atoms. The molecule has 0 aliphatic rings. The van der Waals surface area contributed by atoms with Crippen molar-refractivity contribution in [2.45, 2.75) is 6.61 Å². The minimum absolute atomic E-state index is 0.0588. The summed E-state index contributed by atoms with van der Waals surface area (Å²) in [5, 5.41) is 9.23. The van der Waals surface area contributed by atoms with Crippen molar-refractivity contribution in [2.75, 3.05) is 12.8 Å². The van der Waals surface area contributed by atoms with Gasteiger partial charge in [0.15, 0.2) is 11.5 Å². The number of ether oxygens (including phenoxy) is 2. The van der Waals surface area contributed by atoms with Crippen molar-refractivity contribution in [2.24, 2.45) is 0 Å². The summed E-state index contributed by atoms with van der Waals surface area (Å²) in [5.74, 6) is -0.00490. The first-order chi connectivity index (χ1) is 10.0. The number of halogens is 1. The molecule has 0 bridgehead atoms. The summed E-state index contributed by atoms with van der Waals surface area (Å²) in [6, 6.07) is 10.3. The number of hydrogen-bond donors (Lipinski definition) is 2. The van der Waals surface area contributed by atoms with Crippen LogP contribution in [0.25, 0.3) is 0 Å². The number of anilines is 1. The van der Waals surface area contributed by atoms with Gasteiger partial charge in [-0.05, 0) is 34.1 Å². The SMILES string of the molecule is COc1cccc(Br)c1OCc1cccc(N)c1C(=O)O. The van der Waals surface area contributed by atoms with Gasteiger partial charge in [0.2, 0.25) is 0 Å². The zero-order valence-electron chi connectivity index (χ0n) is 11.3. The monoisotopic (exact) mass is 351 g/mol. The van der Waals surface area contributed by atoms with Gasteiger partial charge in [0.1, 0.15) is 6.61 Å². The number of methoxy groups -OCH3 is 1. The van der Waals surface area contributed by atoms with E-state index in [4.69, 9.17) is 15.2 Å². The van der Waals surface area contributed by atoms with Crippen molar-refractivity contribution in [1.29, 1.82) is 0 Å². The Morgan fingerprint density at radius 1 is 1.29 bits per heavy atom. The highest BCUT2D eigenvalue weighted by Crippen LogP contribution is 2.35. The van der Waals surface area contributed by atoms with Gasteiger partial charge in [0.05, 0.1) is 17.1 Å². The molecule has 110 valence electrons. The average molecular weight is 352 g/mol. The molecular weight excluding hydrogens is 338 g/mol. The molecule has 6 heteroatoms. The van der Waals surface area contributed by atoms with Crippen LogP contribution in [-0.2, 0) is 6.61 Å². The average Bonchev–Trinajstić information content (AvgIpc) is 2.45. The molecule has 2 rings (SSSR count). The van der Waals surface area contributed by atoms with E-state index in [1.807, 2.05) is 12.1 Å². The molecule has 0 aliphatic carbocycles. The number of rotatable bonds is 5. The van der Waals surface area contributed by atoms with E-state index in [0.717, 1.165) is 4.47 Å². The molecule has 0 atom stereocenters. The molecule has 0 amide bonds. The second kappa shape index (κ2) is 6.49. The van der Waals surface area contributed by atoms with E-state index in [1.54, 1.807) is 24.3 Å². The van der Waals surface area contributed by atoms with E-state index in [2.05, 4.69) is 15.9 Å². The van der Waals surface area contributed by atoms with Crippen LogP contribution in [0, 0.1) is 0 Å². The highest BCUT2D eigenvalue weighted by atomic mass is 79.9. The first-order valence-corrected chi connectivity index (χ1v) is 6.90. The Kier molecular flexibility index (Phi) is 4.70. The first-order valence-electron chi connectivity index (χ1n) is 6.10. The van der Waals surface area contributed by atoms with Crippen molar-refractivity contribution >= 4 is 27.6 Å². The smallest absolute Gasteiger partial charge is 0.338 e. The summed E-state index contributed by atoms with van der Waals surface area (Å²) >= 11 is 3.38. The number of hydrogen-bond acceptors (Lipinski definition) is 4. The molecule has 0 aromatic heterocycles. The predicted octanol–water partition coefficient (Wildman–Crippen LogP) is 3.32. The molecule has 0 spiro atoms. The third kappa shape index (κ3) is 3.28. The van der Waals surface area contributed by atoms with E-state index < -0.39 is 5.97 Å². The number of para-hydroxylation sites is 1. The van der Waals surface area contributed by atoms with Gasteiger partial charge >= 0.3 is 5.97 Å². The van der Waals surface area contributed by atoms with E-state index in [9.17, 15) is 9.90 Å². The molecule has 2 aromatic rings. The van der Waals surface area contributed by atoms with Gasteiger partial charge in [-0.2, -0.15) is 0 Å². The Morgan fingerprint density at radius 2 is 2.00 bits per heavy atom. The maximum Gasteiger partial charge on any atom is 0.338 e. The number of benzene rings is 2. The van der Waals surface area contributed by atoms with E-state index in [-0.39, 0.29) is 17.9 Å². The molecule has 0 saturated carbocycles. The lowest BCUT2D eigenvalue weighted by Crippen LogP contribution is -2.09. The van der Waals surface area contributed by atoms with Crippen LogP contribution in [0.1, 0.15) is 15.9 Å². The van der Waals surface area contributed by atoms with Gasteiger partial charge in [-0.1, -0.05) is 18.2 Å². The summed E-state index contributed by atoms with van der Waals surface area (Å²) < 4.78 is 11.6. The van der Waals surface area contributed by atoms with Crippen LogP contribution < -0.4 is 15.2 Å². The molecule has 3 N–H and O–H groups in total. The number of carboxylic acids is 1. The number of carbonyl (C=O) groups is 1. The maximum atomic E-state index is 11.3. The summed E-state index contributed by atoms with van der Waals surface area (Å²) in [4.78, 5) is 11.3. The Morgan fingerprint density at radius 3 is 2.67 bits per heavy atom. The van der Waals surface area contributed by atoms with Gasteiger partial charge in [0.25, 0.3) is 0 Å². The van der Waals surface area contributed by atoms with Crippen molar-refractivity contribution in [3.8, 4) is 11.5 Å². The summed E-state index contributed by atoms with van der Waals surface area (Å²) in [6.45, 7) is 0.0750. The molecule has 0 aliphatic heterocycles. The largest absolute Gasteiger partial charge is 0.493 e. The zero-order valence-corrected chi connectivity index (χ0v) is 12.9. The second-order valence-electron chi connectivity index (χ2n) is 4.25. The van der Waals surface area contributed by atoms with Crippen LogP contribution in [0.4, 0.5) is 5.69 Å². The van der Waals surface area contributed by atoms with Crippen molar-refractivity contribution in [1.82, 2.24) is 0 Å². The fourth-order valence-corrected chi connectivity index (χ4v) is 2.40. The van der Waals surface area contributed by atoms with Crippen LogP contribution >= 0.6 is 15.9 Å². The third-order valence-electron chi connectivity index (χ3n) is 2.92. The number of nitrogens with two attached hydrogens (primary N) is 1. The molecule has 0 fully saturated rings. The van der Waals surface area contributed by atoms with Crippen LogP contribution in [0.2, 0.25) is 0 Å². The fraction of sp³-hybridized carbons (Fsp3) is 0.133. The van der Waals surface area contributed by atoms with Crippen LogP contribution in [0.5, 0.6) is 11.5 Å². The number of nitrogen functional groups attached to an aromatic ring is 1. The van der Waals surface area contributed by atoms with E-state index in [1.165, 1.54) is 7.11 Å². The molecule has 5 nitrogen and oxygen atoms in total. The first kappa shape index (κ1) is 15.2. The quantitative estimate of drug-likeness (QED) is 0.807. The van der Waals surface area contributed by atoms with Crippen molar-refractivity contribution in [3.05, 3.63) is 52.0 Å². The van der Waals surface area contributed by atoms with Crippen molar-refractivity contribution < 1.29 is 19.4 Å². The highest BCUT2D eigenvalue weighted by molar-refractivity contribution is 9.10. The topological polar surface area (TPSA) is 81.8 Å². The number of carboxylic acid groups (broad SMARTS) is 1. The Balaban J connectivity index is 2.29. The van der Waals surface area contributed by atoms with Crippen LogP contribution in [0.15, 0.2) is 40.9 Å². The molecule has 0 radical (unpaired) electrons. The van der Waals surface area contributed by atoms with E-state index >= 15 is 0 Å². The third-order valence-corrected chi connectivity index (χ3v) is 3.54. The van der Waals surface area contributed by atoms with Gasteiger partial charge in [-0.3, -0.25) is 0 Å². The standard InChI is InChI=1S/C15H14BrNO4/c1-20-12-7-3-5-10(16)14(12)21-8-9-4-2-6-11(17)13(9)15(18)19/h2-7H,8,17H2,1H3,(H,18,19).